The van der Waals surface area contributed by atoms with Crippen molar-refractivity contribution >= 4 is 27.7 Å². The zero-order valence-corrected chi connectivity index (χ0v) is 17.8. The van der Waals surface area contributed by atoms with Crippen LogP contribution in [0.4, 0.5) is 0 Å². The molecule has 0 spiro atoms. The Labute approximate surface area is 169 Å². The van der Waals surface area contributed by atoms with Crippen molar-refractivity contribution in [3.8, 4) is 5.75 Å². The fourth-order valence-corrected chi connectivity index (χ4v) is 4.63. The minimum Gasteiger partial charge on any atom is -0.484 e. The van der Waals surface area contributed by atoms with E-state index in [9.17, 15) is 13.2 Å². The van der Waals surface area contributed by atoms with Crippen LogP contribution in [0.1, 0.15) is 19.4 Å². The fraction of sp³-hybridized carbons (Fsp3) is 0.471. The van der Waals surface area contributed by atoms with Crippen molar-refractivity contribution in [3.63, 3.8) is 0 Å². The summed E-state index contributed by atoms with van der Waals surface area (Å²) in [7, 11) is -3.52. The highest BCUT2D eigenvalue weighted by Gasteiger charge is 2.22. The number of aryl methyl sites for hydroxylation is 1. The first kappa shape index (κ1) is 22.2. The van der Waals surface area contributed by atoms with Gasteiger partial charge in [0.25, 0.3) is 5.91 Å². The maximum absolute atomic E-state index is 12.6. The van der Waals surface area contributed by atoms with E-state index in [1.165, 1.54) is 28.5 Å². The summed E-state index contributed by atoms with van der Waals surface area (Å²) in [6, 6.07) is 4.65. The number of nitrogens with one attached hydrogen (secondary N) is 2. The number of nitrogens with zero attached hydrogens (tertiary/aromatic N) is 3. The first-order chi connectivity index (χ1) is 13.4. The number of aromatic nitrogens is 3. The number of ether oxygens (including phenoxy) is 1. The summed E-state index contributed by atoms with van der Waals surface area (Å²) in [6.45, 7) is 6.49. The topological polar surface area (TPSA) is 117 Å². The SMILES string of the molecule is CCN(CC)S(=O)(=O)c1ccc(OCC(=O)NCCSc2ncn[nH]2)c(C)c1. The van der Waals surface area contributed by atoms with Gasteiger partial charge in [0, 0.05) is 25.4 Å². The molecule has 0 radical (unpaired) electrons. The van der Waals surface area contributed by atoms with Crippen molar-refractivity contribution in [3.05, 3.63) is 30.1 Å². The van der Waals surface area contributed by atoms with Crippen LogP contribution in [0, 0.1) is 6.92 Å². The Bertz CT molecular complexity index is 868. The molecule has 0 aliphatic heterocycles. The number of H-pyrrole nitrogens is 1. The molecular formula is C17H25N5O4S2. The molecule has 154 valence electrons. The molecule has 1 aromatic heterocycles. The zero-order valence-electron chi connectivity index (χ0n) is 16.1. The number of rotatable bonds is 11. The Balaban J connectivity index is 1.84. The molecule has 0 bridgehead atoms. The predicted molar refractivity (Wildman–Crippen MR) is 107 cm³/mol. The monoisotopic (exact) mass is 427 g/mol. The third-order valence-corrected chi connectivity index (χ3v) is 6.83. The van der Waals surface area contributed by atoms with Crippen LogP contribution in [0.2, 0.25) is 0 Å². The van der Waals surface area contributed by atoms with Crippen LogP contribution in [-0.2, 0) is 14.8 Å². The normalized spacial score (nSPS) is 11.6. The largest absolute Gasteiger partial charge is 0.484 e. The molecule has 0 unspecified atom stereocenters. The molecule has 0 aliphatic carbocycles. The van der Waals surface area contributed by atoms with Crippen molar-refractivity contribution in [1.29, 1.82) is 0 Å². The molecule has 0 saturated carbocycles. The lowest BCUT2D eigenvalue weighted by Gasteiger charge is -2.19. The average Bonchev–Trinajstić information content (AvgIpc) is 3.18. The van der Waals surface area contributed by atoms with Gasteiger partial charge in [-0.1, -0.05) is 25.6 Å². The summed E-state index contributed by atoms with van der Waals surface area (Å²) in [4.78, 5) is 16.1. The number of amides is 1. The average molecular weight is 428 g/mol. The van der Waals surface area contributed by atoms with Gasteiger partial charge in [0.15, 0.2) is 11.8 Å². The summed E-state index contributed by atoms with van der Waals surface area (Å²) >= 11 is 1.45. The van der Waals surface area contributed by atoms with E-state index in [-0.39, 0.29) is 17.4 Å². The first-order valence-corrected chi connectivity index (χ1v) is 11.3. The van der Waals surface area contributed by atoms with Gasteiger partial charge in [-0.2, -0.15) is 9.40 Å². The van der Waals surface area contributed by atoms with E-state index in [1.807, 2.05) is 0 Å². The van der Waals surface area contributed by atoms with Gasteiger partial charge in [-0.3, -0.25) is 9.89 Å². The van der Waals surface area contributed by atoms with Crippen molar-refractivity contribution < 1.29 is 17.9 Å². The van der Waals surface area contributed by atoms with Crippen LogP contribution in [0.15, 0.2) is 34.6 Å². The van der Waals surface area contributed by atoms with Gasteiger partial charge in [-0.15, -0.1) is 0 Å². The van der Waals surface area contributed by atoms with E-state index in [0.717, 1.165) is 0 Å². The third-order valence-electron chi connectivity index (χ3n) is 3.90. The number of carbonyl (C=O) groups is 1. The van der Waals surface area contributed by atoms with Gasteiger partial charge >= 0.3 is 0 Å². The second-order valence-electron chi connectivity index (χ2n) is 5.79. The highest BCUT2D eigenvalue weighted by atomic mass is 32.2. The van der Waals surface area contributed by atoms with E-state index in [0.29, 0.717) is 41.9 Å². The highest BCUT2D eigenvalue weighted by molar-refractivity contribution is 7.99. The molecule has 28 heavy (non-hydrogen) atoms. The molecule has 2 rings (SSSR count). The summed E-state index contributed by atoms with van der Waals surface area (Å²) in [5.74, 6) is 0.875. The number of aromatic amines is 1. The molecule has 1 amide bonds. The summed E-state index contributed by atoms with van der Waals surface area (Å²) in [5, 5.41) is 9.92. The van der Waals surface area contributed by atoms with Crippen molar-refractivity contribution in [1.82, 2.24) is 24.8 Å². The molecule has 2 aromatic rings. The van der Waals surface area contributed by atoms with Crippen LogP contribution in [-0.4, -0.2) is 65.8 Å². The van der Waals surface area contributed by atoms with Gasteiger partial charge < -0.3 is 10.1 Å². The second kappa shape index (κ2) is 10.4. The Morgan fingerprint density at radius 1 is 1.32 bits per heavy atom. The van der Waals surface area contributed by atoms with Crippen molar-refractivity contribution in [2.24, 2.45) is 0 Å². The van der Waals surface area contributed by atoms with Crippen molar-refractivity contribution in [2.75, 3.05) is 32.0 Å². The minimum absolute atomic E-state index is 0.143. The number of thioether (sulfide) groups is 1. The smallest absolute Gasteiger partial charge is 0.257 e. The van der Waals surface area contributed by atoms with E-state index in [2.05, 4.69) is 20.5 Å². The molecule has 11 heteroatoms. The van der Waals surface area contributed by atoms with Gasteiger partial charge in [0.05, 0.1) is 4.90 Å². The van der Waals surface area contributed by atoms with Gasteiger partial charge in [0.1, 0.15) is 12.1 Å². The van der Waals surface area contributed by atoms with E-state index in [1.54, 1.807) is 32.9 Å². The van der Waals surface area contributed by atoms with Crippen LogP contribution < -0.4 is 10.1 Å². The van der Waals surface area contributed by atoms with Crippen LogP contribution in [0.25, 0.3) is 0 Å². The van der Waals surface area contributed by atoms with Crippen molar-refractivity contribution in [2.45, 2.75) is 30.8 Å². The third kappa shape index (κ3) is 5.94. The quantitative estimate of drug-likeness (QED) is 0.411. The molecule has 1 heterocycles. The van der Waals surface area contributed by atoms with Crippen LogP contribution in [0.3, 0.4) is 0 Å². The molecule has 2 N–H and O–H groups in total. The summed E-state index contributed by atoms with van der Waals surface area (Å²) in [5.41, 5.74) is 0.655. The van der Waals surface area contributed by atoms with E-state index in [4.69, 9.17) is 4.74 Å². The highest BCUT2D eigenvalue weighted by Crippen LogP contribution is 2.24. The zero-order chi connectivity index (χ0) is 20.6. The number of benzene rings is 1. The van der Waals surface area contributed by atoms with Gasteiger partial charge in [-0.05, 0) is 30.7 Å². The van der Waals surface area contributed by atoms with Crippen LogP contribution >= 0.6 is 11.8 Å². The molecule has 0 atom stereocenters. The van der Waals surface area contributed by atoms with E-state index >= 15 is 0 Å². The Morgan fingerprint density at radius 3 is 2.68 bits per heavy atom. The number of carbonyl (C=O) groups excluding carboxylic acids is 1. The second-order valence-corrected chi connectivity index (χ2v) is 8.82. The minimum atomic E-state index is -3.52. The van der Waals surface area contributed by atoms with Gasteiger partial charge in [-0.25, -0.2) is 13.4 Å². The lowest BCUT2D eigenvalue weighted by atomic mass is 10.2. The molecule has 0 aliphatic rings. The standard InChI is InChI=1S/C17H25N5O4S2/c1-4-22(5-2)28(24,25)14-6-7-15(13(3)10-14)26-11-16(23)18-8-9-27-17-19-12-20-21-17/h6-7,10,12H,4-5,8-9,11H2,1-3H3,(H,18,23)(H,19,20,21). The summed E-state index contributed by atoms with van der Waals surface area (Å²) in [6.07, 6.45) is 1.43. The predicted octanol–water partition coefficient (Wildman–Crippen LogP) is 1.43. The van der Waals surface area contributed by atoms with Gasteiger partial charge in [0.2, 0.25) is 10.0 Å². The Morgan fingerprint density at radius 2 is 2.07 bits per heavy atom. The molecule has 0 fully saturated rings. The molecule has 0 saturated heterocycles. The maximum Gasteiger partial charge on any atom is 0.257 e. The Kier molecular flexibility index (Phi) is 8.27. The lowest BCUT2D eigenvalue weighted by molar-refractivity contribution is -0.122. The maximum atomic E-state index is 12.6. The number of hydrogen-bond acceptors (Lipinski definition) is 7. The van der Waals surface area contributed by atoms with Crippen LogP contribution in [0.5, 0.6) is 5.75 Å². The molecular weight excluding hydrogens is 402 g/mol. The Hall–Kier alpha value is -2.11. The lowest BCUT2D eigenvalue weighted by Crippen LogP contribution is -2.31. The molecule has 9 nitrogen and oxygen atoms in total. The molecule has 1 aromatic carbocycles. The van der Waals surface area contributed by atoms with E-state index < -0.39 is 10.0 Å². The number of sulfonamides is 1. The summed E-state index contributed by atoms with van der Waals surface area (Å²) < 4.78 is 32.1. The number of hydrogen-bond donors (Lipinski definition) is 2. The first-order valence-electron chi connectivity index (χ1n) is 8.87. The fourth-order valence-electron chi connectivity index (χ4n) is 2.45.